The first-order valence-electron chi connectivity index (χ1n) is 8.91. The van der Waals surface area contributed by atoms with E-state index in [1.54, 1.807) is 18.2 Å². The molecule has 0 saturated carbocycles. The summed E-state index contributed by atoms with van der Waals surface area (Å²) >= 11 is 11.8. The molecule has 7 nitrogen and oxygen atoms in total. The number of furan rings is 1. The van der Waals surface area contributed by atoms with Gasteiger partial charge in [0.2, 0.25) is 0 Å². The zero-order valence-electron chi connectivity index (χ0n) is 15.9. The van der Waals surface area contributed by atoms with Crippen molar-refractivity contribution < 1.29 is 23.5 Å². The van der Waals surface area contributed by atoms with Crippen LogP contribution in [0.5, 0.6) is 11.5 Å². The van der Waals surface area contributed by atoms with Crippen LogP contribution in [0.1, 0.15) is 23.2 Å². The number of hydrogen-bond donors (Lipinski definition) is 2. The van der Waals surface area contributed by atoms with Gasteiger partial charge in [0, 0.05) is 5.02 Å². The molecule has 30 heavy (non-hydrogen) atoms. The van der Waals surface area contributed by atoms with E-state index >= 15 is 0 Å². The fourth-order valence-corrected chi connectivity index (χ4v) is 2.80. The Labute approximate surface area is 182 Å². The minimum absolute atomic E-state index is 0.0243. The quantitative estimate of drug-likeness (QED) is 0.523. The van der Waals surface area contributed by atoms with Crippen LogP contribution in [0.3, 0.4) is 0 Å². The number of hydrazine groups is 1. The molecule has 0 aliphatic carbocycles. The van der Waals surface area contributed by atoms with Crippen molar-refractivity contribution in [2.45, 2.75) is 19.6 Å². The summed E-state index contributed by atoms with van der Waals surface area (Å²) in [6.07, 6.45) is -0.921. The molecule has 3 aromatic rings. The number of hydrogen-bond acceptors (Lipinski definition) is 5. The number of amides is 2. The second-order valence-electron chi connectivity index (χ2n) is 6.15. The lowest BCUT2D eigenvalue weighted by atomic mass is 10.3. The molecule has 156 valence electrons. The third-order valence-corrected chi connectivity index (χ3v) is 4.41. The molecule has 0 fully saturated rings. The van der Waals surface area contributed by atoms with Gasteiger partial charge in [0.05, 0.1) is 5.02 Å². The molecule has 0 aliphatic rings. The first-order valence-corrected chi connectivity index (χ1v) is 9.66. The topological polar surface area (TPSA) is 89.8 Å². The van der Waals surface area contributed by atoms with Crippen molar-refractivity contribution in [3.8, 4) is 11.5 Å². The van der Waals surface area contributed by atoms with Gasteiger partial charge in [-0.1, -0.05) is 41.4 Å². The van der Waals surface area contributed by atoms with Crippen molar-refractivity contribution in [3.63, 3.8) is 0 Å². The maximum Gasteiger partial charge on any atom is 0.305 e. The van der Waals surface area contributed by atoms with Crippen molar-refractivity contribution in [2.24, 2.45) is 0 Å². The number of para-hydroxylation sites is 1. The van der Waals surface area contributed by atoms with Crippen LogP contribution in [-0.2, 0) is 11.4 Å². The van der Waals surface area contributed by atoms with Gasteiger partial charge in [-0.15, -0.1) is 0 Å². The smallest absolute Gasteiger partial charge is 0.305 e. The lowest BCUT2D eigenvalue weighted by molar-refractivity contribution is -0.128. The largest absolute Gasteiger partial charge is 0.486 e. The number of benzene rings is 2. The predicted octanol–water partition coefficient (Wildman–Crippen LogP) is 4.39. The molecule has 0 radical (unpaired) electrons. The molecule has 1 atom stereocenters. The molecule has 1 aromatic heterocycles. The molecule has 2 N–H and O–H groups in total. The van der Waals surface area contributed by atoms with E-state index in [2.05, 4.69) is 10.9 Å². The fraction of sp³-hybridized carbons (Fsp3) is 0.143. The van der Waals surface area contributed by atoms with Crippen molar-refractivity contribution in [3.05, 3.63) is 82.2 Å². The molecular formula is C21H18Cl2N2O5. The SMILES string of the molecule is CC(Oc1ccc(Cl)cc1Cl)C(=O)NNC(=O)c1ccc(COc2ccccc2)o1. The summed E-state index contributed by atoms with van der Waals surface area (Å²) in [5.41, 5.74) is 4.54. The molecule has 0 saturated heterocycles. The highest BCUT2D eigenvalue weighted by Gasteiger charge is 2.18. The Morgan fingerprint density at radius 3 is 2.53 bits per heavy atom. The molecule has 2 amide bonds. The monoisotopic (exact) mass is 448 g/mol. The summed E-state index contributed by atoms with van der Waals surface area (Å²) < 4.78 is 16.5. The number of halogens is 2. The summed E-state index contributed by atoms with van der Waals surface area (Å²) in [6, 6.07) is 17.0. The summed E-state index contributed by atoms with van der Waals surface area (Å²) in [6.45, 7) is 1.68. The van der Waals surface area contributed by atoms with Crippen LogP contribution in [0.2, 0.25) is 10.0 Å². The average molecular weight is 449 g/mol. The van der Waals surface area contributed by atoms with E-state index in [-0.39, 0.29) is 17.4 Å². The lowest BCUT2D eigenvalue weighted by Gasteiger charge is -2.15. The lowest BCUT2D eigenvalue weighted by Crippen LogP contribution is -2.47. The fourth-order valence-electron chi connectivity index (χ4n) is 2.35. The van der Waals surface area contributed by atoms with Crippen LogP contribution < -0.4 is 20.3 Å². The van der Waals surface area contributed by atoms with E-state index in [1.807, 2.05) is 30.3 Å². The Morgan fingerprint density at radius 1 is 1.03 bits per heavy atom. The molecule has 9 heteroatoms. The Morgan fingerprint density at radius 2 is 1.80 bits per heavy atom. The number of nitrogens with one attached hydrogen (secondary N) is 2. The van der Waals surface area contributed by atoms with Gasteiger partial charge in [-0.2, -0.15) is 0 Å². The van der Waals surface area contributed by atoms with Gasteiger partial charge in [0.1, 0.15) is 23.9 Å². The predicted molar refractivity (Wildman–Crippen MR) is 112 cm³/mol. The molecule has 0 spiro atoms. The third-order valence-electron chi connectivity index (χ3n) is 3.88. The maximum absolute atomic E-state index is 12.2. The molecule has 0 aliphatic heterocycles. The van der Waals surface area contributed by atoms with Gasteiger partial charge in [-0.25, -0.2) is 0 Å². The van der Waals surface area contributed by atoms with Crippen LogP contribution in [0.4, 0.5) is 0 Å². The first kappa shape index (κ1) is 21.5. The number of rotatable bonds is 7. The molecule has 1 unspecified atom stereocenters. The van der Waals surface area contributed by atoms with Crippen molar-refractivity contribution >= 4 is 35.0 Å². The second-order valence-corrected chi connectivity index (χ2v) is 6.99. The molecule has 1 heterocycles. The minimum Gasteiger partial charge on any atom is -0.486 e. The van der Waals surface area contributed by atoms with E-state index in [9.17, 15) is 9.59 Å². The van der Waals surface area contributed by atoms with Gasteiger partial charge < -0.3 is 13.9 Å². The highest BCUT2D eigenvalue weighted by atomic mass is 35.5. The maximum atomic E-state index is 12.2. The van der Waals surface area contributed by atoms with Gasteiger partial charge in [0.25, 0.3) is 5.91 Å². The van der Waals surface area contributed by atoms with E-state index in [1.165, 1.54) is 19.1 Å². The van der Waals surface area contributed by atoms with Gasteiger partial charge in [-0.3, -0.25) is 20.4 Å². The average Bonchev–Trinajstić information content (AvgIpc) is 3.22. The standard InChI is InChI=1S/C21H18Cl2N2O5/c1-13(29-18-9-7-14(22)11-17(18)23)20(26)24-25-21(27)19-10-8-16(30-19)12-28-15-5-3-2-4-6-15/h2-11,13H,12H2,1H3,(H,24,26)(H,25,27). The van der Waals surface area contributed by atoms with E-state index in [0.717, 1.165) is 0 Å². The van der Waals surface area contributed by atoms with Crippen molar-refractivity contribution in [1.82, 2.24) is 10.9 Å². The van der Waals surface area contributed by atoms with Gasteiger partial charge in [0.15, 0.2) is 11.9 Å². The number of ether oxygens (including phenoxy) is 2. The van der Waals surface area contributed by atoms with E-state index < -0.39 is 17.9 Å². The number of carbonyl (C=O) groups is 2. The zero-order valence-corrected chi connectivity index (χ0v) is 17.4. The van der Waals surface area contributed by atoms with Gasteiger partial charge >= 0.3 is 5.91 Å². The first-order chi connectivity index (χ1) is 14.4. The highest BCUT2D eigenvalue weighted by Crippen LogP contribution is 2.28. The molecule has 0 bridgehead atoms. The van der Waals surface area contributed by atoms with E-state index in [0.29, 0.717) is 22.3 Å². The van der Waals surface area contributed by atoms with Crippen LogP contribution in [0.25, 0.3) is 0 Å². The molecular weight excluding hydrogens is 431 g/mol. The molecule has 2 aromatic carbocycles. The number of carbonyl (C=O) groups excluding carboxylic acids is 2. The summed E-state index contributed by atoms with van der Waals surface area (Å²) in [4.78, 5) is 24.3. The third kappa shape index (κ3) is 5.92. The highest BCUT2D eigenvalue weighted by molar-refractivity contribution is 6.35. The normalized spacial score (nSPS) is 11.4. The van der Waals surface area contributed by atoms with Crippen LogP contribution in [-0.4, -0.2) is 17.9 Å². The van der Waals surface area contributed by atoms with Crippen LogP contribution >= 0.6 is 23.2 Å². The zero-order chi connectivity index (χ0) is 21.5. The summed E-state index contributed by atoms with van der Waals surface area (Å²) in [5.74, 6) is 0.270. The van der Waals surface area contributed by atoms with Crippen molar-refractivity contribution in [1.29, 1.82) is 0 Å². The Balaban J connectivity index is 1.47. The summed E-state index contributed by atoms with van der Waals surface area (Å²) in [7, 11) is 0. The van der Waals surface area contributed by atoms with Crippen LogP contribution in [0, 0.1) is 0 Å². The Kier molecular flexibility index (Phi) is 7.21. The molecule has 3 rings (SSSR count). The van der Waals surface area contributed by atoms with Crippen molar-refractivity contribution in [2.75, 3.05) is 0 Å². The second kappa shape index (κ2) is 10.0. The minimum atomic E-state index is -0.921. The Hall–Kier alpha value is -3.16. The summed E-state index contributed by atoms with van der Waals surface area (Å²) in [5, 5.41) is 0.718. The van der Waals surface area contributed by atoms with E-state index in [4.69, 9.17) is 37.1 Å². The van der Waals surface area contributed by atoms with Crippen LogP contribution in [0.15, 0.2) is 65.1 Å². The van der Waals surface area contributed by atoms with Gasteiger partial charge in [-0.05, 0) is 49.4 Å². The Bertz CT molecular complexity index is 1020.